The Kier molecular flexibility index (Phi) is 6.57. The highest BCUT2D eigenvalue weighted by Crippen LogP contribution is 2.32. The van der Waals surface area contributed by atoms with E-state index in [-0.39, 0.29) is 11.5 Å². The molecule has 0 N–H and O–H groups in total. The minimum Gasteiger partial charge on any atom is -0.457 e. The lowest BCUT2D eigenvalue weighted by Crippen LogP contribution is -2.13. The van der Waals surface area contributed by atoms with Crippen LogP contribution in [0.25, 0.3) is 10.8 Å². The fraction of sp³-hybridized carbons (Fsp3) is 0.304. The topological polar surface area (TPSA) is 52.6 Å². The van der Waals surface area contributed by atoms with Crippen LogP contribution >= 0.6 is 0 Å². The third kappa shape index (κ3) is 5.26. The molecule has 0 heterocycles. The highest BCUT2D eigenvalue weighted by molar-refractivity contribution is 7.87. The molecule has 3 aromatic rings. The van der Waals surface area contributed by atoms with Gasteiger partial charge in [0.1, 0.15) is 17.2 Å². The van der Waals surface area contributed by atoms with E-state index in [9.17, 15) is 8.42 Å². The number of fused-ring (bicyclic) bond motifs is 1. The zero-order chi connectivity index (χ0) is 20.0. The second-order valence-corrected chi connectivity index (χ2v) is 8.48. The van der Waals surface area contributed by atoms with Crippen LogP contribution in [-0.2, 0) is 16.5 Å². The quantitative estimate of drug-likeness (QED) is 0.323. The number of aryl methyl sites for hydroxylation is 1. The van der Waals surface area contributed by atoms with Crippen molar-refractivity contribution in [1.82, 2.24) is 0 Å². The standard InChI is InChI=1S/C23H26O4S/c1-3-5-6-15-28(24,25)27-21-11-8-10-20(17-21)26-23-12-7-9-19-16-18(4-2)13-14-22(19)23/h7-14,16-17H,3-6,15H2,1-2H3. The summed E-state index contributed by atoms with van der Waals surface area (Å²) in [5, 5.41) is 2.13. The zero-order valence-corrected chi connectivity index (χ0v) is 17.2. The van der Waals surface area contributed by atoms with E-state index in [2.05, 4.69) is 31.2 Å². The summed E-state index contributed by atoms with van der Waals surface area (Å²) in [6.45, 7) is 4.16. The van der Waals surface area contributed by atoms with E-state index in [1.807, 2.05) is 19.1 Å². The van der Waals surface area contributed by atoms with Gasteiger partial charge in [-0.2, -0.15) is 8.42 Å². The van der Waals surface area contributed by atoms with E-state index >= 15 is 0 Å². The molecule has 0 unspecified atom stereocenters. The summed E-state index contributed by atoms with van der Waals surface area (Å²) in [7, 11) is -3.59. The van der Waals surface area contributed by atoms with Gasteiger partial charge in [-0.05, 0) is 42.0 Å². The Morgan fingerprint density at radius 1 is 0.857 bits per heavy atom. The fourth-order valence-corrected chi connectivity index (χ4v) is 4.08. The lowest BCUT2D eigenvalue weighted by atomic mass is 10.0. The molecule has 148 valence electrons. The summed E-state index contributed by atoms with van der Waals surface area (Å²) in [6, 6.07) is 19.0. The average molecular weight is 399 g/mol. The molecule has 5 heteroatoms. The van der Waals surface area contributed by atoms with Gasteiger partial charge in [-0.25, -0.2) is 0 Å². The molecule has 3 rings (SSSR count). The number of benzene rings is 3. The molecule has 0 aromatic heterocycles. The van der Waals surface area contributed by atoms with Crippen LogP contribution in [0.3, 0.4) is 0 Å². The Balaban J connectivity index is 1.79. The van der Waals surface area contributed by atoms with Crippen LogP contribution in [0.4, 0.5) is 0 Å². The summed E-state index contributed by atoms with van der Waals surface area (Å²) in [5.74, 6) is 1.55. The number of rotatable bonds is 9. The van der Waals surface area contributed by atoms with E-state index < -0.39 is 10.1 Å². The van der Waals surface area contributed by atoms with Gasteiger partial charge in [0.2, 0.25) is 0 Å². The van der Waals surface area contributed by atoms with Crippen molar-refractivity contribution in [3.8, 4) is 17.2 Å². The maximum Gasteiger partial charge on any atom is 0.309 e. The molecule has 0 amide bonds. The first kappa shape index (κ1) is 20.2. The molecule has 0 aliphatic carbocycles. The smallest absolute Gasteiger partial charge is 0.309 e. The first-order chi connectivity index (χ1) is 13.5. The van der Waals surface area contributed by atoms with Gasteiger partial charge < -0.3 is 8.92 Å². The first-order valence-corrected chi connectivity index (χ1v) is 11.3. The highest BCUT2D eigenvalue weighted by Gasteiger charge is 2.13. The third-order valence-electron chi connectivity index (χ3n) is 4.57. The van der Waals surface area contributed by atoms with Gasteiger partial charge in [-0.1, -0.05) is 63.1 Å². The normalized spacial score (nSPS) is 11.5. The SMILES string of the molecule is CCCCCS(=O)(=O)Oc1cccc(Oc2cccc3cc(CC)ccc23)c1. The predicted octanol–water partition coefficient (Wildman–Crippen LogP) is 6.09. The van der Waals surface area contributed by atoms with Crippen LogP contribution in [0.1, 0.15) is 38.7 Å². The maximum atomic E-state index is 12.1. The Hall–Kier alpha value is -2.53. The molecular weight excluding hydrogens is 372 g/mol. The lowest BCUT2D eigenvalue weighted by Gasteiger charge is -2.11. The van der Waals surface area contributed by atoms with Crippen LogP contribution in [0, 0.1) is 0 Å². The molecule has 0 saturated carbocycles. The molecular formula is C23H26O4S. The molecule has 0 fully saturated rings. The minimum atomic E-state index is -3.59. The van der Waals surface area contributed by atoms with Crippen molar-refractivity contribution in [3.05, 3.63) is 66.2 Å². The van der Waals surface area contributed by atoms with E-state index in [1.165, 1.54) is 5.56 Å². The second-order valence-electron chi connectivity index (χ2n) is 6.79. The van der Waals surface area contributed by atoms with Crippen molar-refractivity contribution in [1.29, 1.82) is 0 Å². The van der Waals surface area contributed by atoms with Crippen molar-refractivity contribution in [2.24, 2.45) is 0 Å². The largest absolute Gasteiger partial charge is 0.457 e. The average Bonchev–Trinajstić information content (AvgIpc) is 2.68. The molecule has 0 saturated heterocycles. The van der Waals surface area contributed by atoms with Crippen LogP contribution < -0.4 is 8.92 Å². The molecule has 0 aliphatic heterocycles. The minimum absolute atomic E-state index is 0.0228. The van der Waals surface area contributed by atoms with Gasteiger partial charge in [0.15, 0.2) is 0 Å². The van der Waals surface area contributed by atoms with Gasteiger partial charge in [-0.3, -0.25) is 0 Å². The molecule has 0 spiro atoms. The van der Waals surface area contributed by atoms with E-state index in [0.717, 1.165) is 35.8 Å². The molecule has 0 radical (unpaired) electrons. The molecule has 3 aromatic carbocycles. The Bertz CT molecular complexity index is 1040. The summed E-state index contributed by atoms with van der Waals surface area (Å²) in [5.41, 5.74) is 1.27. The summed E-state index contributed by atoms with van der Waals surface area (Å²) >= 11 is 0. The van der Waals surface area contributed by atoms with E-state index in [4.69, 9.17) is 8.92 Å². The summed E-state index contributed by atoms with van der Waals surface area (Å²) in [4.78, 5) is 0. The lowest BCUT2D eigenvalue weighted by molar-refractivity contribution is 0.470. The van der Waals surface area contributed by atoms with Gasteiger partial charge in [0, 0.05) is 11.5 Å². The summed E-state index contributed by atoms with van der Waals surface area (Å²) in [6.07, 6.45) is 3.41. The molecule has 0 atom stereocenters. The molecule has 0 bridgehead atoms. The van der Waals surface area contributed by atoms with E-state index in [1.54, 1.807) is 24.3 Å². The van der Waals surface area contributed by atoms with Crippen LogP contribution in [0.15, 0.2) is 60.7 Å². The van der Waals surface area contributed by atoms with Crippen molar-refractivity contribution in [2.75, 3.05) is 5.75 Å². The second kappa shape index (κ2) is 9.11. The third-order valence-corrected chi connectivity index (χ3v) is 5.80. The van der Waals surface area contributed by atoms with Crippen molar-refractivity contribution in [2.45, 2.75) is 39.5 Å². The molecule has 0 aliphatic rings. The number of ether oxygens (including phenoxy) is 1. The Morgan fingerprint density at radius 3 is 2.43 bits per heavy atom. The van der Waals surface area contributed by atoms with Crippen molar-refractivity contribution >= 4 is 20.9 Å². The van der Waals surface area contributed by atoms with Gasteiger partial charge in [0.05, 0.1) is 5.75 Å². The van der Waals surface area contributed by atoms with Crippen LogP contribution in [0.2, 0.25) is 0 Å². The fourth-order valence-electron chi connectivity index (χ4n) is 3.05. The maximum absolute atomic E-state index is 12.1. The monoisotopic (exact) mass is 398 g/mol. The number of unbranched alkanes of at least 4 members (excludes halogenated alkanes) is 2. The van der Waals surface area contributed by atoms with Gasteiger partial charge >= 0.3 is 10.1 Å². The summed E-state index contributed by atoms with van der Waals surface area (Å²) < 4.78 is 35.5. The molecule has 28 heavy (non-hydrogen) atoms. The van der Waals surface area contributed by atoms with Crippen LogP contribution in [0.5, 0.6) is 17.2 Å². The molecule has 4 nitrogen and oxygen atoms in total. The predicted molar refractivity (Wildman–Crippen MR) is 114 cm³/mol. The van der Waals surface area contributed by atoms with Gasteiger partial charge in [-0.15, -0.1) is 0 Å². The van der Waals surface area contributed by atoms with Crippen LogP contribution in [-0.4, -0.2) is 14.2 Å². The number of hydrogen-bond donors (Lipinski definition) is 0. The van der Waals surface area contributed by atoms with Crippen molar-refractivity contribution in [3.63, 3.8) is 0 Å². The Labute approximate surface area is 167 Å². The number of hydrogen-bond acceptors (Lipinski definition) is 4. The Morgan fingerprint density at radius 2 is 1.64 bits per heavy atom. The van der Waals surface area contributed by atoms with Crippen molar-refractivity contribution < 1.29 is 17.3 Å². The first-order valence-electron chi connectivity index (χ1n) is 9.72. The zero-order valence-electron chi connectivity index (χ0n) is 16.4. The highest BCUT2D eigenvalue weighted by atomic mass is 32.2. The van der Waals surface area contributed by atoms with E-state index in [0.29, 0.717) is 12.2 Å². The van der Waals surface area contributed by atoms with Gasteiger partial charge in [0.25, 0.3) is 0 Å².